The molecule has 0 saturated heterocycles. The second-order valence-corrected chi connectivity index (χ2v) is 4.70. The van der Waals surface area contributed by atoms with Crippen LogP contribution in [0.25, 0.3) is 0 Å². The zero-order chi connectivity index (χ0) is 15.6. The third-order valence-electron chi connectivity index (χ3n) is 2.83. The summed E-state index contributed by atoms with van der Waals surface area (Å²) in [6.45, 7) is -0.186. The highest BCUT2D eigenvalue weighted by Gasteiger charge is 2.33. The van der Waals surface area contributed by atoms with Crippen molar-refractivity contribution in [3.8, 4) is 0 Å². The van der Waals surface area contributed by atoms with E-state index in [1.807, 2.05) is 0 Å². The number of hydrogen-bond donors (Lipinski definition) is 1. The Morgan fingerprint density at radius 1 is 1.29 bits per heavy atom. The van der Waals surface area contributed by atoms with Crippen LogP contribution in [0.3, 0.4) is 0 Å². The van der Waals surface area contributed by atoms with Gasteiger partial charge in [-0.3, -0.25) is 4.79 Å². The third-order valence-corrected chi connectivity index (χ3v) is 3.27. The van der Waals surface area contributed by atoms with Crippen LogP contribution in [0.2, 0.25) is 5.15 Å². The van der Waals surface area contributed by atoms with Crippen LogP contribution in [-0.4, -0.2) is 20.9 Å². The van der Waals surface area contributed by atoms with E-state index in [-0.39, 0.29) is 29.2 Å². The largest absolute Gasteiger partial charge is 0.481 e. The van der Waals surface area contributed by atoms with Crippen LogP contribution >= 0.6 is 11.6 Å². The third kappa shape index (κ3) is 3.55. The Balaban J connectivity index is 2.31. The molecule has 0 saturated carbocycles. The molecule has 0 radical (unpaired) electrons. The Bertz CT molecular complexity index is 668. The lowest BCUT2D eigenvalue weighted by Crippen LogP contribution is -2.12. The van der Waals surface area contributed by atoms with Crippen molar-refractivity contribution in [3.05, 3.63) is 52.3 Å². The van der Waals surface area contributed by atoms with Crippen LogP contribution in [0.5, 0.6) is 0 Å². The van der Waals surface area contributed by atoms with Gasteiger partial charge in [-0.05, 0) is 11.6 Å². The van der Waals surface area contributed by atoms with Crippen LogP contribution < -0.4 is 0 Å². The monoisotopic (exact) mass is 318 g/mol. The highest BCUT2D eigenvalue weighted by molar-refractivity contribution is 6.30. The molecular weight excluding hydrogens is 309 g/mol. The fraction of sp³-hybridized carbons (Fsp3) is 0.231. The standard InChI is InChI=1S/C13H10ClF3N2O2/c14-12-9(5-11(20)21)6-18-19(12)7-8-3-1-2-4-10(8)13(15,16)17/h1-4,6H,5,7H2,(H,20,21). The van der Waals surface area contributed by atoms with Crippen molar-refractivity contribution < 1.29 is 23.1 Å². The number of aromatic nitrogens is 2. The molecule has 0 atom stereocenters. The minimum atomic E-state index is -4.47. The van der Waals surface area contributed by atoms with Crippen molar-refractivity contribution >= 4 is 17.6 Å². The van der Waals surface area contributed by atoms with Gasteiger partial charge in [-0.25, -0.2) is 4.68 Å². The van der Waals surface area contributed by atoms with Gasteiger partial charge in [-0.1, -0.05) is 29.8 Å². The van der Waals surface area contributed by atoms with Crippen molar-refractivity contribution in [2.24, 2.45) is 0 Å². The summed E-state index contributed by atoms with van der Waals surface area (Å²) in [5, 5.41) is 12.6. The van der Waals surface area contributed by atoms with E-state index in [2.05, 4.69) is 5.10 Å². The molecule has 0 bridgehead atoms. The van der Waals surface area contributed by atoms with Gasteiger partial charge in [0.1, 0.15) is 5.15 Å². The summed E-state index contributed by atoms with van der Waals surface area (Å²) < 4.78 is 39.8. The Morgan fingerprint density at radius 3 is 2.57 bits per heavy atom. The Labute approximate surface area is 122 Å². The van der Waals surface area contributed by atoms with E-state index in [0.29, 0.717) is 0 Å². The van der Waals surface area contributed by atoms with Gasteiger partial charge in [0, 0.05) is 5.56 Å². The molecule has 112 valence electrons. The summed E-state index contributed by atoms with van der Waals surface area (Å²) in [4.78, 5) is 10.6. The van der Waals surface area contributed by atoms with Crippen molar-refractivity contribution in [2.45, 2.75) is 19.1 Å². The number of aliphatic carboxylic acids is 1. The summed E-state index contributed by atoms with van der Waals surface area (Å²) >= 11 is 5.94. The normalized spacial score (nSPS) is 11.6. The summed E-state index contributed by atoms with van der Waals surface area (Å²) in [6, 6.07) is 5.09. The van der Waals surface area contributed by atoms with Crippen LogP contribution in [-0.2, 0) is 23.9 Å². The van der Waals surface area contributed by atoms with Crippen molar-refractivity contribution in [1.29, 1.82) is 0 Å². The number of hydrogen-bond acceptors (Lipinski definition) is 2. The number of nitrogens with zero attached hydrogens (tertiary/aromatic N) is 2. The number of carboxylic acid groups (broad SMARTS) is 1. The van der Waals surface area contributed by atoms with Crippen LogP contribution in [0.1, 0.15) is 16.7 Å². The fourth-order valence-electron chi connectivity index (χ4n) is 1.90. The van der Waals surface area contributed by atoms with E-state index in [1.54, 1.807) is 0 Å². The molecule has 0 spiro atoms. The summed E-state index contributed by atoms with van der Waals surface area (Å²) in [6.07, 6.45) is -3.56. The minimum absolute atomic E-state index is 0.0110. The SMILES string of the molecule is O=C(O)Cc1cnn(Cc2ccccc2C(F)(F)F)c1Cl. The molecule has 0 aliphatic rings. The zero-order valence-electron chi connectivity index (χ0n) is 10.6. The van der Waals surface area contributed by atoms with E-state index in [4.69, 9.17) is 16.7 Å². The van der Waals surface area contributed by atoms with E-state index < -0.39 is 17.7 Å². The van der Waals surface area contributed by atoms with Crippen molar-refractivity contribution in [1.82, 2.24) is 9.78 Å². The van der Waals surface area contributed by atoms with Crippen LogP contribution in [0, 0.1) is 0 Å². The molecule has 0 amide bonds. The van der Waals surface area contributed by atoms with Gasteiger partial charge in [-0.2, -0.15) is 18.3 Å². The quantitative estimate of drug-likeness (QED) is 0.941. The predicted molar refractivity (Wildman–Crippen MR) is 69.1 cm³/mol. The Hall–Kier alpha value is -2.02. The summed E-state index contributed by atoms with van der Waals surface area (Å²) in [7, 11) is 0. The van der Waals surface area contributed by atoms with Crippen molar-refractivity contribution in [3.63, 3.8) is 0 Å². The van der Waals surface area contributed by atoms with Crippen molar-refractivity contribution in [2.75, 3.05) is 0 Å². The molecule has 0 aliphatic carbocycles. The first-order valence-electron chi connectivity index (χ1n) is 5.86. The van der Waals surface area contributed by atoms with E-state index in [9.17, 15) is 18.0 Å². The summed E-state index contributed by atoms with van der Waals surface area (Å²) in [5.41, 5.74) is -0.498. The second-order valence-electron chi connectivity index (χ2n) is 4.34. The number of carboxylic acids is 1. The maximum Gasteiger partial charge on any atom is 0.416 e. The molecule has 8 heteroatoms. The van der Waals surface area contributed by atoms with Crippen LogP contribution in [0.15, 0.2) is 30.5 Å². The van der Waals surface area contributed by atoms with E-state index >= 15 is 0 Å². The highest BCUT2D eigenvalue weighted by Crippen LogP contribution is 2.32. The summed E-state index contributed by atoms with van der Waals surface area (Å²) in [5.74, 6) is -1.09. The smallest absolute Gasteiger partial charge is 0.416 e. The molecule has 0 aliphatic heterocycles. The number of alkyl halides is 3. The van der Waals surface area contributed by atoms with E-state index in [1.165, 1.54) is 24.4 Å². The molecule has 1 N–H and O–H groups in total. The zero-order valence-corrected chi connectivity index (χ0v) is 11.3. The molecule has 1 heterocycles. The van der Waals surface area contributed by atoms with Crippen LogP contribution in [0.4, 0.5) is 13.2 Å². The fourth-order valence-corrected chi connectivity index (χ4v) is 2.12. The number of halogens is 4. The topological polar surface area (TPSA) is 55.1 Å². The van der Waals surface area contributed by atoms with Gasteiger partial charge >= 0.3 is 12.1 Å². The number of carbonyl (C=O) groups is 1. The molecule has 1 aromatic carbocycles. The lowest BCUT2D eigenvalue weighted by Gasteiger charge is -2.13. The van der Waals surface area contributed by atoms with Gasteiger partial charge in [0.25, 0.3) is 0 Å². The molecule has 1 aromatic heterocycles. The molecule has 0 unspecified atom stereocenters. The maximum atomic E-state index is 12.9. The molecule has 21 heavy (non-hydrogen) atoms. The number of benzene rings is 1. The first kappa shape index (κ1) is 15.4. The second kappa shape index (κ2) is 5.77. The Kier molecular flexibility index (Phi) is 4.22. The first-order valence-corrected chi connectivity index (χ1v) is 6.24. The lowest BCUT2D eigenvalue weighted by molar-refractivity contribution is -0.138. The Morgan fingerprint density at radius 2 is 1.95 bits per heavy atom. The van der Waals surface area contributed by atoms with Gasteiger partial charge in [0.2, 0.25) is 0 Å². The molecule has 0 fully saturated rings. The molecular formula is C13H10ClF3N2O2. The van der Waals surface area contributed by atoms with Gasteiger partial charge < -0.3 is 5.11 Å². The average molecular weight is 319 g/mol. The average Bonchev–Trinajstić information content (AvgIpc) is 2.70. The minimum Gasteiger partial charge on any atom is -0.481 e. The van der Waals surface area contributed by atoms with Gasteiger partial charge in [0.15, 0.2) is 0 Å². The lowest BCUT2D eigenvalue weighted by atomic mass is 10.1. The highest BCUT2D eigenvalue weighted by atomic mass is 35.5. The van der Waals surface area contributed by atoms with Gasteiger partial charge in [0.05, 0.1) is 24.7 Å². The molecule has 2 aromatic rings. The maximum absolute atomic E-state index is 12.9. The predicted octanol–water partition coefficient (Wildman–Crippen LogP) is 3.23. The number of rotatable bonds is 4. The molecule has 2 rings (SSSR count). The molecule has 4 nitrogen and oxygen atoms in total. The van der Waals surface area contributed by atoms with Gasteiger partial charge in [-0.15, -0.1) is 0 Å². The van der Waals surface area contributed by atoms with E-state index in [0.717, 1.165) is 10.7 Å². The first-order chi connectivity index (χ1) is 9.79.